The molecule has 1 heterocycles. The minimum Gasteiger partial charge on any atom is -0.507 e. The number of hydrogen-bond donors (Lipinski definition) is 8. The van der Waals surface area contributed by atoms with Crippen molar-refractivity contribution in [3.63, 3.8) is 0 Å². The van der Waals surface area contributed by atoms with Gasteiger partial charge in [0.25, 0.3) is 0 Å². The van der Waals surface area contributed by atoms with Crippen LogP contribution in [0.25, 0.3) is 0 Å². The molecule has 14 nitrogen and oxygen atoms in total. The van der Waals surface area contributed by atoms with Crippen molar-refractivity contribution in [1.29, 1.82) is 0 Å². The van der Waals surface area contributed by atoms with Gasteiger partial charge >= 0.3 is 0 Å². The second-order valence-electron chi connectivity index (χ2n) is 12.9. The topological polar surface area (TPSA) is 239 Å². The molecule has 9 N–H and O–H groups in total. The standard InChI is InChI=1S/C33H43NO13/c1-13(36)8-22(44-14(2)12-35)47-32-15(3)45-23(9-19(32)34)46-21-11-33(43,16(4)37)10-18-25(21)31(42)27-26(29(18)40)28(39)17-6-5-7-20(38)24(17)30(27)41/h5-7,13-16,19,21-23,32,35-38,40,42-43H,8-12,34H2,1-4H3/t13?,14?,15-,16?,19-,21-,22?,23-,32+,33-/m0/s1. The Morgan fingerprint density at radius 1 is 1.04 bits per heavy atom. The summed E-state index contributed by atoms with van der Waals surface area (Å²) in [5.41, 5.74) is 3.00. The summed E-state index contributed by atoms with van der Waals surface area (Å²) in [6, 6.07) is 3.22. The van der Waals surface area contributed by atoms with Gasteiger partial charge in [-0.15, -0.1) is 0 Å². The quantitative estimate of drug-likeness (QED) is 0.112. The first-order valence-electron chi connectivity index (χ1n) is 15.7. The molecule has 5 rings (SSSR count). The Balaban J connectivity index is 1.48. The number of fused-ring (bicyclic) bond motifs is 3. The van der Waals surface area contributed by atoms with Crippen LogP contribution >= 0.6 is 0 Å². The number of aliphatic hydroxyl groups excluding tert-OH is 3. The fourth-order valence-electron chi connectivity index (χ4n) is 6.68. The number of aromatic hydroxyl groups is 3. The maximum Gasteiger partial charge on any atom is 0.202 e. The van der Waals surface area contributed by atoms with Gasteiger partial charge in [0, 0.05) is 48.4 Å². The average molecular weight is 662 g/mol. The van der Waals surface area contributed by atoms with Gasteiger partial charge in [0.15, 0.2) is 18.4 Å². The molecule has 0 saturated carbocycles. The highest BCUT2D eigenvalue weighted by Gasteiger charge is 2.49. The summed E-state index contributed by atoms with van der Waals surface area (Å²) in [6.07, 6.45) is -7.85. The van der Waals surface area contributed by atoms with E-state index in [1.54, 1.807) is 20.8 Å². The van der Waals surface area contributed by atoms with Crippen molar-refractivity contribution in [3.05, 3.63) is 51.6 Å². The fraction of sp³-hybridized carbons (Fsp3) is 0.576. The van der Waals surface area contributed by atoms with Crippen molar-refractivity contribution in [2.75, 3.05) is 6.61 Å². The summed E-state index contributed by atoms with van der Waals surface area (Å²) >= 11 is 0. The molecule has 47 heavy (non-hydrogen) atoms. The second-order valence-corrected chi connectivity index (χ2v) is 12.9. The molecule has 2 aliphatic carbocycles. The summed E-state index contributed by atoms with van der Waals surface area (Å²) in [5.74, 6) is -3.48. The normalized spacial score (nSPS) is 29.8. The number of ether oxygens (including phenoxy) is 4. The highest BCUT2D eigenvalue weighted by atomic mass is 16.7. The van der Waals surface area contributed by atoms with Crippen LogP contribution in [0, 0.1) is 0 Å². The van der Waals surface area contributed by atoms with E-state index >= 15 is 0 Å². The van der Waals surface area contributed by atoms with Crippen LogP contribution in [0.1, 0.15) is 96.0 Å². The number of carbonyl (C=O) groups excluding carboxylic acids is 2. The van der Waals surface area contributed by atoms with Gasteiger partial charge in [-0.3, -0.25) is 9.59 Å². The Morgan fingerprint density at radius 3 is 2.34 bits per heavy atom. The minimum atomic E-state index is -1.88. The van der Waals surface area contributed by atoms with Gasteiger partial charge in [-0.25, -0.2) is 0 Å². The van der Waals surface area contributed by atoms with Gasteiger partial charge < -0.3 is 60.4 Å². The molecule has 2 aromatic rings. The molecule has 2 aromatic carbocycles. The molecule has 258 valence electrons. The molecule has 0 bridgehead atoms. The van der Waals surface area contributed by atoms with Crippen LogP contribution in [-0.2, 0) is 25.4 Å². The van der Waals surface area contributed by atoms with Crippen molar-refractivity contribution >= 4 is 11.6 Å². The van der Waals surface area contributed by atoms with E-state index in [4.69, 9.17) is 24.7 Å². The zero-order valence-electron chi connectivity index (χ0n) is 26.6. The molecule has 3 aliphatic rings. The van der Waals surface area contributed by atoms with Gasteiger partial charge in [-0.05, 0) is 33.8 Å². The van der Waals surface area contributed by atoms with Crippen molar-refractivity contribution in [2.45, 2.75) is 114 Å². The molecule has 10 atom stereocenters. The lowest BCUT2D eigenvalue weighted by Gasteiger charge is -2.44. The molecule has 0 amide bonds. The second kappa shape index (κ2) is 13.4. The highest BCUT2D eigenvalue weighted by molar-refractivity contribution is 6.31. The molecule has 14 heteroatoms. The number of aliphatic hydroxyl groups is 4. The number of carbonyl (C=O) groups is 2. The number of phenolic OH excluding ortho intramolecular Hbond substituents is 3. The smallest absolute Gasteiger partial charge is 0.202 e. The van der Waals surface area contributed by atoms with E-state index in [-0.39, 0.29) is 54.5 Å². The zero-order chi connectivity index (χ0) is 34.5. The van der Waals surface area contributed by atoms with Crippen molar-refractivity contribution in [1.82, 2.24) is 0 Å². The molecule has 4 unspecified atom stereocenters. The van der Waals surface area contributed by atoms with Crippen LogP contribution in [0.15, 0.2) is 18.2 Å². The zero-order valence-corrected chi connectivity index (χ0v) is 26.6. The van der Waals surface area contributed by atoms with Crippen LogP contribution in [-0.4, -0.2) is 109 Å². The summed E-state index contributed by atoms with van der Waals surface area (Å²) < 4.78 is 24.2. The fourth-order valence-corrected chi connectivity index (χ4v) is 6.68. The first-order chi connectivity index (χ1) is 22.1. The van der Waals surface area contributed by atoms with E-state index in [0.29, 0.717) is 0 Å². The van der Waals surface area contributed by atoms with Crippen molar-refractivity contribution < 1.29 is 64.3 Å². The molecule has 0 radical (unpaired) electrons. The lowest BCUT2D eigenvalue weighted by atomic mass is 9.71. The number of benzene rings is 2. The number of rotatable bonds is 10. The Kier molecular flexibility index (Phi) is 10.0. The predicted octanol–water partition coefficient (Wildman–Crippen LogP) is 1.04. The Labute approximate surface area is 271 Å². The number of hydrogen-bond acceptors (Lipinski definition) is 14. The van der Waals surface area contributed by atoms with Gasteiger partial charge in [0.05, 0.1) is 59.4 Å². The van der Waals surface area contributed by atoms with Crippen molar-refractivity contribution in [3.8, 4) is 17.2 Å². The first kappa shape index (κ1) is 35.1. The summed E-state index contributed by atoms with van der Waals surface area (Å²) in [6.45, 7) is 5.99. The monoisotopic (exact) mass is 661 g/mol. The third-order valence-corrected chi connectivity index (χ3v) is 9.19. The van der Waals surface area contributed by atoms with Crippen LogP contribution in [0.2, 0.25) is 0 Å². The van der Waals surface area contributed by atoms with Gasteiger partial charge in [0.2, 0.25) is 5.78 Å². The summed E-state index contributed by atoms with van der Waals surface area (Å²) in [5, 5.41) is 74.9. The summed E-state index contributed by atoms with van der Waals surface area (Å²) in [7, 11) is 0. The molecule has 1 fully saturated rings. The lowest BCUT2D eigenvalue weighted by Crippen LogP contribution is -2.55. The van der Waals surface area contributed by atoms with Crippen LogP contribution < -0.4 is 5.73 Å². The Bertz CT molecular complexity index is 1510. The van der Waals surface area contributed by atoms with Crippen LogP contribution in [0.3, 0.4) is 0 Å². The third kappa shape index (κ3) is 6.49. The molecule has 0 aromatic heterocycles. The highest BCUT2D eigenvalue weighted by Crippen LogP contribution is 2.53. The number of phenols is 3. The number of ketones is 2. The maximum atomic E-state index is 13.6. The largest absolute Gasteiger partial charge is 0.507 e. The lowest BCUT2D eigenvalue weighted by molar-refractivity contribution is -0.286. The molecular formula is C33H43NO13. The van der Waals surface area contributed by atoms with E-state index in [9.17, 15) is 45.3 Å². The minimum absolute atomic E-state index is 0.0429. The molecule has 0 spiro atoms. The average Bonchev–Trinajstić information content (AvgIpc) is 2.98. The Hall–Kier alpha value is -3.18. The predicted molar refractivity (Wildman–Crippen MR) is 163 cm³/mol. The van der Waals surface area contributed by atoms with Gasteiger partial charge in [-0.2, -0.15) is 0 Å². The first-order valence-corrected chi connectivity index (χ1v) is 15.7. The molecular weight excluding hydrogens is 618 g/mol. The number of nitrogens with two attached hydrogens (primary N) is 1. The molecule has 1 saturated heterocycles. The molecule has 1 aliphatic heterocycles. The SMILES string of the molecule is CC(O)CC(OC(C)CO)O[C@@H]1[C@H](C)O[C@@H](O[C@H]2C[C@](O)(C(C)O)Cc3c(O)c4c(c(O)c32)C(=O)c2c(O)cccc2C4=O)C[C@@H]1N. The Morgan fingerprint density at radius 2 is 1.72 bits per heavy atom. The van der Waals surface area contributed by atoms with Crippen LogP contribution in [0.5, 0.6) is 17.2 Å². The maximum absolute atomic E-state index is 13.6. The van der Waals surface area contributed by atoms with Gasteiger partial charge in [-0.1, -0.05) is 12.1 Å². The van der Waals surface area contributed by atoms with Gasteiger partial charge in [0.1, 0.15) is 23.4 Å². The van der Waals surface area contributed by atoms with E-state index in [0.717, 1.165) is 0 Å². The third-order valence-electron chi connectivity index (χ3n) is 9.19. The van der Waals surface area contributed by atoms with Crippen molar-refractivity contribution in [2.24, 2.45) is 5.73 Å². The van der Waals surface area contributed by atoms with E-state index in [2.05, 4.69) is 0 Å². The van der Waals surface area contributed by atoms with E-state index in [1.807, 2.05) is 0 Å². The van der Waals surface area contributed by atoms with Crippen LogP contribution in [0.4, 0.5) is 0 Å². The van der Waals surface area contributed by atoms with E-state index < -0.39 is 101 Å². The summed E-state index contributed by atoms with van der Waals surface area (Å²) in [4.78, 5) is 27.1. The van der Waals surface area contributed by atoms with E-state index in [1.165, 1.54) is 25.1 Å².